The Balaban J connectivity index is 4.99. The Morgan fingerprint density at radius 2 is 1.75 bits per heavy atom. The number of nitrogens with zero attached hydrogens (tertiary/aromatic N) is 1. The summed E-state index contributed by atoms with van der Waals surface area (Å²) in [5, 5.41) is 8.96. The zero-order valence-electron chi connectivity index (χ0n) is 10.3. The van der Waals surface area contributed by atoms with E-state index < -0.39 is 23.1 Å². The second kappa shape index (κ2) is 4.97. The molecule has 0 spiro atoms. The molecule has 1 unspecified atom stereocenters. The summed E-state index contributed by atoms with van der Waals surface area (Å²) in [6.45, 7) is 7.76. The van der Waals surface area contributed by atoms with Crippen LogP contribution in [0.3, 0.4) is 0 Å². The molecule has 0 fully saturated rings. The van der Waals surface area contributed by atoms with E-state index in [0.29, 0.717) is 0 Å². The van der Waals surface area contributed by atoms with Crippen LogP contribution in [0.25, 0.3) is 0 Å². The van der Waals surface area contributed by atoms with E-state index >= 15 is 0 Å². The third-order valence-corrected chi connectivity index (χ3v) is 1.73. The van der Waals surface area contributed by atoms with Gasteiger partial charge in [-0.25, -0.2) is 4.79 Å². The molecule has 0 radical (unpaired) electrons. The standard InChI is InChI=1S/C11H17NO4/c1-6-11(7-12,15-8(2)13)9(14)16-10(3,4)5/h6H2,1-5H3. The number of hydrogen-bond donors (Lipinski definition) is 0. The minimum Gasteiger partial charge on any atom is -0.456 e. The molecule has 0 saturated heterocycles. The van der Waals surface area contributed by atoms with Crippen LogP contribution >= 0.6 is 0 Å². The van der Waals surface area contributed by atoms with Gasteiger partial charge in [0.1, 0.15) is 11.7 Å². The van der Waals surface area contributed by atoms with Crippen molar-refractivity contribution < 1.29 is 19.1 Å². The second-order valence-corrected chi connectivity index (χ2v) is 4.39. The van der Waals surface area contributed by atoms with Crippen LogP contribution in [0.2, 0.25) is 0 Å². The third-order valence-electron chi connectivity index (χ3n) is 1.73. The first kappa shape index (κ1) is 14.4. The molecule has 0 rings (SSSR count). The van der Waals surface area contributed by atoms with Gasteiger partial charge in [0.25, 0.3) is 5.60 Å². The molecular formula is C11H17NO4. The summed E-state index contributed by atoms with van der Waals surface area (Å²) in [5.41, 5.74) is -2.56. The van der Waals surface area contributed by atoms with E-state index in [4.69, 9.17) is 14.7 Å². The fourth-order valence-corrected chi connectivity index (χ4v) is 1.01. The van der Waals surface area contributed by atoms with Crippen LogP contribution in [0.15, 0.2) is 0 Å². The molecule has 0 bridgehead atoms. The maximum atomic E-state index is 11.8. The topological polar surface area (TPSA) is 76.4 Å². The molecule has 1 atom stereocenters. The largest absolute Gasteiger partial charge is 0.456 e. The number of ether oxygens (including phenoxy) is 2. The average Bonchev–Trinajstić information content (AvgIpc) is 2.11. The number of hydrogen-bond acceptors (Lipinski definition) is 5. The molecule has 90 valence electrons. The van der Waals surface area contributed by atoms with Gasteiger partial charge >= 0.3 is 11.9 Å². The second-order valence-electron chi connectivity index (χ2n) is 4.39. The molecule has 0 heterocycles. The molecule has 0 aliphatic carbocycles. The lowest BCUT2D eigenvalue weighted by molar-refractivity contribution is -0.183. The molecule has 5 heteroatoms. The Morgan fingerprint density at radius 1 is 1.25 bits per heavy atom. The summed E-state index contributed by atoms with van der Waals surface area (Å²) in [7, 11) is 0. The minimum absolute atomic E-state index is 0.0536. The highest BCUT2D eigenvalue weighted by molar-refractivity contribution is 5.86. The van der Waals surface area contributed by atoms with E-state index in [2.05, 4.69) is 0 Å². The first-order valence-corrected chi connectivity index (χ1v) is 5.01. The molecule has 0 amide bonds. The van der Waals surface area contributed by atoms with E-state index in [1.54, 1.807) is 33.8 Å². The van der Waals surface area contributed by atoms with Crippen molar-refractivity contribution in [1.29, 1.82) is 5.26 Å². The highest BCUT2D eigenvalue weighted by Gasteiger charge is 2.44. The predicted octanol–water partition coefficient (Wildman–Crippen LogP) is 1.56. The van der Waals surface area contributed by atoms with Crippen LogP contribution in [0.1, 0.15) is 41.0 Å². The lowest BCUT2D eigenvalue weighted by Crippen LogP contribution is -2.45. The van der Waals surface area contributed by atoms with E-state index in [1.165, 1.54) is 0 Å². The summed E-state index contributed by atoms with van der Waals surface area (Å²) in [5.74, 6) is -1.52. The molecule has 0 aliphatic heterocycles. The van der Waals surface area contributed by atoms with Crippen molar-refractivity contribution in [2.75, 3.05) is 0 Å². The van der Waals surface area contributed by atoms with Crippen molar-refractivity contribution >= 4 is 11.9 Å². The van der Waals surface area contributed by atoms with Crippen LogP contribution in [0.4, 0.5) is 0 Å². The predicted molar refractivity (Wildman–Crippen MR) is 56.2 cm³/mol. The molecule has 0 aromatic heterocycles. The number of esters is 2. The molecule has 0 aromatic carbocycles. The van der Waals surface area contributed by atoms with Crippen molar-refractivity contribution in [2.24, 2.45) is 0 Å². The van der Waals surface area contributed by atoms with Crippen molar-refractivity contribution in [3.63, 3.8) is 0 Å². The fraction of sp³-hybridized carbons (Fsp3) is 0.727. The summed E-state index contributed by atoms with van der Waals surface area (Å²) in [6, 6.07) is 1.70. The zero-order valence-corrected chi connectivity index (χ0v) is 10.3. The molecule has 5 nitrogen and oxygen atoms in total. The normalized spacial score (nSPS) is 14.5. The summed E-state index contributed by atoms with van der Waals surface area (Å²) >= 11 is 0. The first-order valence-electron chi connectivity index (χ1n) is 5.01. The van der Waals surface area contributed by atoms with Gasteiger partial charge in [-0.15, -0.1) is 0 Å². The van der Waals surface area contributed by atoms with Crippen molar-refractivity contribution in [3.05, 3.63) is 0 Å². The number of rotatable bonds is 3. The molecule has 0 aliphatic rings. The number of carbonyl (C=O) groups is 2. The Hall–Kier alpha value is -1.57. The van der Waals surface area contributed by atoms with Gasteiger partial charge in [0.05, 0.1) is 0 Å². The van der Waals surface area contributed by atoms with E-state index in [-0.39, 0.29) is 6.42 Å². The Kier molecular flexibility index (Phi) is 4.48. The van der Waals surface area contributed by atoms with Gasteiger partial charge in [0.15, 0.2) is 0 Å². The molecular weight excluding hydrogens is 210 g/mol. The summed E-state index contributed by atoms with van der Waals surface area (Å²) in [6.07, 6.45) is 0.0536. The van der Waals surface area contributed by atoms with Gasteiger partial charge in [-0.3, -0.25) is 4.79 Å². The van der Waals surface area contributed by atoms with Crippen molar-refractivity contribution in [1.82, 2.24) is 0 Å². The van der Waals surface area contributed by atoms with Gasteiger partial charge in [0.2, 0.25) is 0 Å². The fourth-order valence-electron chi connectivity index (χ4n) is 1.01. The summed E-state index contributed by atoms with van der Waals surface area (Å²) < 4.78 is 9.82. The average molecular weight is 227 g/mol. The SMILES string of the molecule is CCC(C#N)(OC(C)=O)C(=O)OC(C)(C)C. The maximum Gasteiger partial charge on any atom is 0.366 e. The van der Waals surface area contributed by atoms with Crippen LogP contribution in [-0.4, -0.2) is 23.1 Å². The lowest BCUT2D eigenvalue weighted by Gasteiger charge is -2.27. The van der Waals surface area contributed by atoms with Crippen LogP contribution < -0.4 is 0 Å². The maximum absolute atomic E-state index is 11.8. The molecule has 16 heavy (non-hydrogen) atoms. The number of carbonyl (C=O) groups excluding carboxylic acids is 2. The minimum atomic E-state index is -1.83. The Morgan fingerprint density at radius 3 is 2.00 bits per heavy atom. The summed E-state index contributed by atoms with van der Waals surface area (Å²) in [4.78, 5) is 22.6. The highest BCUT2D eigenvalue weighted by atomic mass is 16.6. The van der Waals surface area contributed by atoms with Crippen LogP contribution in [0, 0.1) is 11.3 Å². The van der Waals surface area contributed by atoms with Gasteiger partial charge in [-0.2, -0.15) is 5.26 Å². The Labute approximate surface area is 95.3 Å². The first-order chi connectivity index (χ1) is 7.17. The quantitative estimate of drug-likeness (QED) is 0.684. The molecule has 0 N–H and O–H groups in total. The van der Waals surface area contributed by atoms with Gasteiger partial charge < -0.3 is 9.47 Å². The van der Waals surface area contributed by atoms with E-state index in [9.17, 15) is 9.59 Å². The lowest BCUT2D eigenvalue weighted by atomic mass is 10.0. The zero-order chi connectivity index (χ0) is 13.0. The van der Waals surface area contributed by atoms with Gasteiger partial charge in [-0.1, -0.05) is 6.92 Å². The molecule has 0 aromatic rings. The van der Waals surface area contributed by atoms with Crippen molar-refractivity contribution in [3.8, 4) is 6.07 Å². The van der Waals surface area contributed by atoms with Crippen molar-refractivity contribution in [2.45, 2.75) is 52.2 Å². The van der Waals surface area contributed by atoms with Gasteiger partial charge in [0, 0.05) is 13.3 Å². The Bertz CT molecular complexity index is 324. The monoisotopic (exact) mass is 227 g/mol. The van der Waals surface area contributed by atoms with Gasteiger partial charge in [-0.05, 0) is 20.8 Å². The highest BCUT2D eigenvalue weighted by Crippen LogP contribution is 2.21. The number of nitriles is 1. The van der Waals surface area contributed by atoms with E-state index in [0.717, 1.165) is 6.92 Å². The molecule has 0 saturated carbocycles. The van der Waals surface area contributed by atoms with Crippen LogP contribution in [0.5, 0.6) is 0 Å². The van der Waals surface area contributed by atoms with E-state index in [1.807, 2.05) is 0 Å². The van der Waals surface area contributed by atoms with Crippen LogP contribution in [-0.2, 0) is 19.1 Å². The third kappa shape index (κ3) is 3.89. The smallest absolute Gasteiger partial charge is 0.366 e.